The van der Waals surface area contributed by atoms with Gasteiger partial charge in [0.2, 0.25) is 5.95 Å². The Hall–Kier alpha value is -3.17. The van der Waals surface area contributed by atoms with Crippen molar-refractivity contribution in [3.05, 3.63) is 41.4 Å². The van der Waals surface area contributed by atoms with Crippen molar-refractivity contribution in [2.75, 3.05) is 19.0 Å². The number of allylic oxidation sites excluding steroid dienone is 1. The van der Waals surface area contributed by atoms with Crippen molar-refractivity contribution >= 4 is 11.9 Å². The lowest BCUT2D eigenvalue weighted by Gasteiger charge is -2.28. The summed E-state index contributed by atoms with van der Waals surface area (Å²) in [6, 6.07) is 3.81. The molecule has 1 atom stereocenters. The Morgan fingerprint density at radius 1 is 1.37 bits per heavy atom. The van der Waals surface area contributed by atoms with Crippen LogP contribution in [0.5, 0.6) is 11.5 Å². The molecule has 0 saturated carbocycles. The van der Waals surface area contributed by atoms with Crippen LogP contribution in [-0.4, -0.2) is 41.1 Å². The lowest BCUT2D eigenvalue weighted by atomic mass is 9.95. The number of fused-ring (bicyclic) bond motifs is 1. The van der Waals surface area contributed by atoms with Crippen molar-refractivity contribution < 1.29 is 27.8 Å². The molecule has 0 fully saturated rings. The fourth-order valence-electron chi connectivity index (χ4n) is 2.93. The maximum absolute atomic E-state index is 12.6. The van der Waals surface area contributed by atoms with E-state index >= 15 is 0 Å². The highest BCUT2D eigenvalue weighted by atomic mass is 19.3. The first kappa shape index (κ1) is 18.6. The number of esters is 1. The van der Waals surface area contributed by atoms with Crippen molar-refractivity contribution in [1.82, 2.24) is 14.8 Å². The van der Waals surface area contributed by atoms with Crippen molar-refractivity contribution in [3.8, 4) is 11.5 Å². The molecule has 1 aromatic carbocycles. The highest BCUT2D eigenvalue weighted by molar-refractivity contribution is 5.92. The fourth-order valence-corrected chi connectivity index (χ4v) is 2.93. The molecule has 10 heteroatoms. The normalized spacial score (nSPS) is 16.0. The number of nitrogens with zero attached hydrogens (tertiary/aromatic N) is 3. The molecule has 2 heterocycles. The molecule has 0 saturated heterocycles. The summed E-state index contributed by atoms with van der Waals surface area (Å²) >= 11 is 0. The Morgan fingerprint density at radius 2 is 2.15 bits per heavy atom. The monoisotopic (exact) mass is 380 g/mol. The number of benzene rings is 1. The number of methoxy groups -OCH3 is 1. The quantitative estimate of drug-likeness (QED) is 0.771. The van der Waals surface area contributed by atoms with Gasteiger partial charge in [0.1, 0.15) is 12.4 Å². The highest BCUT2D eigenvalue weighted by Crippen LogP contribution is 2.39. The Morgan fingerprint density at radius 3 is 2.81 bits per heavy atom. The molecular weight excluding hydrogens is 362 g/mol. The molecule has 27 heavy (non-hydrogen) atoms. The first-order valence-corrected chi connectivity index (χ1v) is 8.13. The van der Waals surface area contributed by atoms with Gasteiger partial charge in [0.05, 0.1) is 19.3 Å². The maximum Gasteiger partial charge on any atom is 0.387 e. The van der Waals surface area contributed by atoms with E-state index in [4.69, 9.17) is 9.47 Å². The highest BCUT2D eigenvalue weighted by Gasteiger charge is 2.34. The number of ether oxygens (including phenoxy) is 3. The number of rotatable bonds is 6. The summed E-state index contributed by atoms with van der Waals surface area (Å²) in [4.78, 5) is 16.5. The first-order valence-electron chi connectivity index (χ1n) is 8.13. The van der Waals surface area contributed by atoms with E-state index in [9.17, 15) is 13.6 Å². The number of hydrogen-bond acceptors (Lipinski definition) is 7. The summed E-state index contributed by atoms with van der Waals surface area (Å²) < 4.78 is 41.6. The van der Waals surface area contributed by atoms with Gasteiger partial charge in [-0.1, -0.05) is 6.07 Å². The molecule has 1 aliphatic rings. The van der Waals surface area contributed by atoms with Crippen LogP contribution in [0, 0.1) is 0 Å². The summed E-state index contributed by atoms with van der Waals surface area (Å²) in [6.07, 6.45) is 1.35. The van der Waals surface area contributed by atoms with E-state index in [1.54, 1.807) is 26.0 Å². The topological polar surface area (TPSA) is 87.5 Å². The van der Waals surface area contributed by atoms with Crippen LogP contribution >= 0.6 is 0 Å². The molecule has 0 radical (unpaired) electrons. The number of carbonyl (C=O) groups is 1. The Bertz CT molecular complexity index is 882. The zero-order valence-electron chi connectivity index (χ0n) is 14.9. The molecule has 0 bridgehead atoms. The molecule has 2 aromatic rings. The van der Waals surface area contributed by atoms with Crippen LogP contribution in [0.1, 0.15) is 25.5 Å². The smallest absolute Gasteiger partial charge is 0.387 e. The SMILES string of the molecule is CCOc1cc([C@H]2C(C(=O)OC)=C(C)Nc3ncnn32)ccc1OC(F)F. The second-order valence-corrected chi connectivity index (χ2v) is 5.60. The van der Waals surface area contributed by atoms with Gasteiger partial charge in [-0.25, -0.2) is 9.48 Å². The minimum Gasteiger partial charge on any atom is -0.490 e. The van der Waals surface area contributed by atoms with Gasteiger partial charge in [-0.2, -0.15) is 18.9 Å². The molecule has 0 spiro atoms. The Balaban J connectivity index is 2.12. The van der Waals surface area contributed by atoms with Crippen molar-refractivity contribution in [1.29, 1.82) is 0 Å². The molecule has 144 valence electrons. The minimum atomic E-state index is -2.98. The van der Waals surface area contributed by atoms with Crippen LogP contribution in [0.3, 0.4) is 0 Å². The lowest BCUT2D eigenvalue weighted by molar-refractivity contribution is -0.136. The molecule has 3 rings (SSSR count). The van der Waals surface area contributed by atoms with E-state index in [1.807, 2.05) is 0 Å². The number of alkyl halides is 2. The second kappa shape index (κ2) is 7.60. The van der Waals surface area contributed by atoms with Gasteiger partial charge in [-0.05, 0) is 31.5 Å². The second-order valence-electron chi connectivity index (χ2n) is 5.60. The summed E-state index contributed by atoms with van der Waals surface area (Å²) in [7, 11) is 1.28. The van der Waals surface area contributed by atoms with Crippen molar-refractivity contribution in [3.63, 3.8) is 0 Å². The van der Waals surface area contributed by atoms with Crippen LogP contribution in [0.25, 0.3) is 0 Å². The van der Waals surface area contributed by atoms with Gasteiger partial charge in [0, 0.05) is 5.70 Å². The van der Waals surface area contributed by atoms with Crippen molar-refractivity contribution in [2.24, 2.45) is 0 Å². The number of halogens is 2. The van der Waals surface area contributed by atoms with E-state index in [0.717, 1.165) is 0 Å². The molecular formula is C17H18F2N4O4. The molecule has 1 aromatic heterocycles. The van der Waals surface area contributed by atoms with Gasteiger partial charge >= 0.3 is 12.6 Å². The first-order chi connectivity index (χ1) is 13.0. The average molecular weight is 380 g/mol. The summed E-state index contributed by atoms with van der Waals surface area (Å²) in [5.41, 5.74) is 1.45. The largest absolute Gasteiger partial charge is 0.490 e. The van der Waals surface area contributed by atoms with Gasteiger partial charge in [-0.3, -0.25) is 0 Å². The zero-order chi connectivity index (χ0) is 19.6. The van der Waals surface area contributed by atoms with Gasteiger partial charge in [0.25, 0.3) is 0 Å². The average Bonchev–Trinajstić information content (AvgIpc) is 3.09. The Labute approximate surface area is 153 Å². The van der Waals surface area contributed by atoms with Crippen LogP contribution < -0.4 is 14.8 Å². The van der Waals surface area contributed by atoms with Gasteiger partial charge in [-0.15, -0.1) is 0 Å². The zero-order valence-corrected chi connectivity index (χ0v) is 14.9. The standard InChI is InChI=1S/C17H18F2N4O4/c1-4-26-12-7-10(5-6-11(12)27-16(18)19)14-13(15(24)25-3)9(2)22-17-20-8-21-23(14)17/h5-8,14,16H,4H2,1-3H3,(H,20,21,22)/t14-/m0/s1. The van der Waals surface area contributed by atoms with E-state index in [0.29, 0.717) is 22.8 Å². The fraction of sp³-hybridized carbons (Fsp3) is 0.353. The van der Waals surface area contributed by atoms with E-state index < -0.39 is 18.6 Å². The van der Waals surface area contributed by atoms with Gasteiger partial charge in [0.15, 0.2) is 11.5 Å². The molecule has 0 unspecified atom stereocenters. The van der Waals surface area contributed by atoms with Crippen LogP contribution in [0.2, 0.25) is 0 Å². The predicted octanol–water partition coefficient (Wildman–Crippen LogP) is 2.74. The van der Waals surface area contributed by atoms with Gasteiger partial charge < -0.3 is 19.5 Å². The van der Waals surface area contributed by atoms with E-state index in [-0.39, 0.29) is 18.1 Å². The molecule has 0 amide bonds. The number of hydrogen-bond donors (Lipinski definition) is 1. The molecule has 1 N–H and O–H groups in total. The maximum atomic E-state index is 12.6. The minimum absolute atomic E-state index is 0.0938. The summed E-state index contributed by atoms with van der Waals surface area (Å²) in [5, 5.41) is 7.17. The number of aromatic nitrogens is 3. The van der Waals surface area contributed by atoms with Crippen LogP contribution in [0.15, 0.2) is 35.8 Å². The number of anilines is 1. The third-order valence-electron chi connectivity index (χ3n) is 4.00. The number of carbonyl (C=O) groups excluding carboxylic acids is 1. The van der Waals surface area contributed by atoms with Crippen LogP contribution in [-0.2, 0) is 9.53 Å². The third kappa shape index (κ3) is 3.55. The third-order valence-corrected chi connectivity index (χ3v) is 4.00. The molecule has 1 aliphatic heterocycles. The summed E-state index contributed by atoms with van der Waals surface area (Å²) in [6.45, 7) is 0.712. The van der Waals surface area contributed by atoms with E-state index in [2.05, 4.69) is 20.1 Å². The molecule has 0 aliphatic carbocycles. The Kier molecular flexibility index (Phi) is 5.24. The van der Waals surface area contributed by atoms with Crippen molar-refractivity contribution in [2.45, 2.75) is 26.5 Å². The predicted molar refractivity (Wildman–Crippen MR) is 90.7 cm³/mol. The lowest BCUT2D eigenvalue weighted by Crippen LogP contribution is -2.29. The van der Waals surface area contributed by atoms with Crippen LogP contribution in [0.4, 0.5) is 14.7 Å². The number of nitrogens with one attached hydrogen (secondary N) is 1. The molecule has 8 nitrogen and oxygen atoms in total. The van der Waals surface area contributed by atoms with E-state index in [1.165, 1.54) is 24.2 Å². The summed E-state index contributed by atoms with van der Waals surface area (Å²) in [5.74, 6) is -0.0610.